The van der Waals surface area contributed by atoms with Crippen LogP contribution in [0.1, 0.15) is 25.5 Å². The predicted octanol–water partition coefficient (Wildman–Crippen LogP) is 2.99. The van der Waals surface area contributed by atoms with Crippen molar-refractivity contribution in [1.29, 1.82) is 0 Å². The van der Waals surface area contributed by atoms with Gasteiger partial charge in [0, 0.05) is 18.0 Å². The largest absolute Gasteiger partial charge is 0.399 e. The van der Waals surface area contributed by atoms with Gasteiger partial charge in [-0.1, -0.05) is 6.07 Å². The average molecular weight is 328 g/mol. The van der Waals surface area contributed by atoms with Gasteiger partial charge in [-0.2, -0.15) is 14.4 Å². The number of ether oxygens (including phenoxy) is 1. The van der Waals surface area contributed by atoms with Crippen LogP contribution in [0.3, 0.4) is 0 Å². The van der Waals surface area contributed by atoms with Crippen molar-refractivity contribution >= 4 is 28.4 Å². The number of nitrogens with one attached hydrogen (secondary N) is 1. The van der Waals surface area contributed by atoms with Gasteiger partial charge in [-0.05, 0) is 37.5 Å². The number of hydrogen-bond acceptors (Lipinski definition) is 6. The molecule has 0 amide bonds. The second kappa shape index (κ2) is 6.04. The Morgan fingerprint density at radius 2 is 2.21 bits per heavy atom. The summed E-state index contributed by atoms with van der Waals surface area (Å²) in [6.45, 7) is 0.687. The molecule has 1 atom stereocenters. The topological polar surface area (TPSA) is 90.9 Å². The van der Waals surface area contributed by atoms with Gasteiger partial charge in [0.05, 0.1) is 6.33 Å². The summed E-state index contributed by atoms with van der Waals surface area (Å²) in [5, 5.41) is 3.06. The lowest BCUT2D eigenvalue weighted by atomic mass is 10.2. The molecule has 124 valence electrons. The van der Waals surface area contributed by atoms with Crippen molar-refractivity contribution in [2.75, 3.05) is 17.7 Å². The smallest absolute Gasteiger partial charge is 0.312 e. The Balaban J connectivity index is 1.74. The lowest BCUT2D eigenvalue weighted by Crippen LogP contribution is -2.18. The van der Waals surface area contributed by atoms with Gasteiger partial charge >= 0.3 is 6.08 Å². The summed E-state index contributed by atoms with van der Waals surface area (Å²) in [5.74, 6) is 0.303. The van der Waals surface area contributed by atoms with Gasteiger partial charge in [-0.15, -0.1) is 0 Å². The quantitative estimate of drug-likeness (QED) is 0.567. The molecule has 1 unspecified atom stereocenters. The van der Waals surface area contributed by atoms with E-state index in [2.05, 4.69) is 20.3 Å². The van der Waals surface area contributed by atoms with E-state index < -0.39 is 6.08 Å². The number of anilines is 3. The molecule has 1 aliphatic rings. The van der Waals surface area contributed by atoms with Crippen molar-refractivity contribution in [3.63, 3.8) is 0 Å². The summed E-state index contributed by atoms with van der Waals surface area (Å²) < 4.78 is 21.5. The number of hydrogen-bond donors (Lipinski definition) is 2. The first kappa shape index (κ1) is 14.8. The first-order valence-corrected chi connectivity index (χ1v) is 7.85. The lowest BCUT2D eigenvalue weighted by molar-refractivity contribution is -0.0298. The molecule has 3 heterocycles. The van der Waals surface area contributed by atoms with Crippen LogP contribution >= 0.6 is 0 Å². The van der Waals surface area contributed by atoms with Gasteiger partial charge in [0.25, 0.3) is 0 Å². The minimum absolute atomic E-state index is 0.168. The molecule has 0 bridgehead atoms. The number of nitrogens with two attached hydrogens (primary N) is 1. The number of nitrogen functional groups attached to an aromatic ring is 1. The minimum Gasteiger partial charge on any atom is -0.399 e. The van der Waals surface area contributed by atoms with Crippen LogP contribution in [-0.4, -0.2) is 26.1 Å². The third kappa shape index (κ3) is 2.76. The molecular formula is C16H17FN6O. The van der Waals surface area contributed by atoms with Crippen molar-refractivity contribution in [3.8, 4) is 0 Å². The SMILES string of the molecule is Nc1cccc(Nc2nc(F)nc3c2ncn3C2CCCCO2)c1. The fourth-order valence-corrected chi connectivity index (χ4v) is 2.88. The molecule has 3 N–H and O–H groups in total. The Bertz CT molecular complexity index is 874. The van der Waals surface area contributed by atoms with Crippen molar-refractivity contribution < 1.29 is 9.13 Å². The normalized spacial score (nSPS) is 18.0. The number of halogens is 1. The average Bonchev–Trinajstić information content (AvgIpc) is 2.99. The molecule has 0 spiro atoms. The summed E-state index contributed by atoms with van der Waals surface area (Å²) in [7, 11) is 0. The molecule has 7 nitrogen and oxygen atoms in total. The molecule has 0 radical (unpaired) electrons. The molecule has 2 aromatic heterocycles. The fourth-order valence-electron chi connectivity index (χ4n) is 2.88. The summed E-state index contributed by atoms with van der Waals surface area (Å²) in [4.78, 5) is 12.1. The van der Waals surface area contributed by atoms with Crippen LogP contribution in [0.25, 0.3) is 11.2 Å². The summed E-state index contributed by atoms with van der Waals surface area (Å²) in [5.41, 5.74) is 7.99. The Labute approximate surface area is 137 Å². The number of nitrogens with zero attached hydrogens (tertiary/aromatic N) is 4. The standard InChI is InChI=1S/C16H17FN6O/c17-16-21-14(20-11-5-3-4-10(18)8-11)13-15(22-16)23(9-19-13)12-6-1-2-7-24-12/h3-5,8-9,12H,1-2,6-7,18H2,(H,20,21,22). The maximum absolute atomic E-state index is 13.9. The first-order valence-electron chi connectivity index (χ1n) is 7.85. The van der Waals surface area contributed by atoms with Crippen LogP contribution in [0.2, 0.25) is 0 Å². The van der Waals surface area contributed by atoms with Crippen molar-refractivity contribution in [3.05, 3.63) is 36.7 Å². The number of imidazole rings is 1. The molecule has 24 heavy (non-hydrogen) atoms. The van der Waals surface area contributed by atoms with Crippen LogP contribution in [-0.2, 0) is 4.74 Å². The number of fused-ring (bicyclic) bond motifs is 1. The highest BCUT2D eigenvalue weighted by Gasteiger charge is 2.21. The van der Waals surface area contributed by atoms with E-state index in [1.54, 1.807) is 29.1 Å². The number of rotatable bonds is 3. The summed E-state index contributed by atoms with van der Waals surface area (Å²) >= 11 is 0. The van der Waals surface area contributed by atoms with Crippen LogP contribution in [0.5, 0.6) is 0 Å². The Morgan fingerprint density at radius 1 is 1.29 bits per heavy atom. The van der Waals surface area contributed by atoms with E-state index in [1.807, 2.05) is 6.07 Å². The lowest BCUT2D eigenvalue weighted by Gasteiger charge is -2.23. The van der Waals surface area contributed by atoms with E-state index in [1.165, 1.54) is 0 Å². The zero-order valence-electron chi connectivity index (χ0n) is 12.9. The van der Waals surface area contributed by atoms with Crippen LogP contribution < -0.4 is 11.1 Å². The van der Waals surface area contributed by atoms with Gasteiger partial charge < -0.3 is 15.8 Å². The van der Waals surface area contributed by atoms with Gasteiger partial charge in [0.1, 0.15) is 6.23 Å². The van der Waals surface area contributed by atoms with E-state index in [0.29, 0.717) is 35.0 Å². The van der Waals surface area contributed by atoms with Crippen LogP contribution in [0, 0.1) is 6.08 Å². The molecule has 1 fully saturated rings. The molecule has 4 rings (SSSR count). The summed E-state index contributed by atoms with van der Waals surface area (Å²) in [6, 6.07) is 7.15. The second-order valence-corrected chi connectivity index (χ2v) is 5.74. The molecular weight excluding hydrogens is 311 g/mol. The van der Waals surface area contributed by atoms with Crippen LogP contribution in [0.15, 0.2) is 30.6 Å². The molecule has 1 aliphatic heterocycles. The molecule has 1 aromatic carbocycles. The second-order valence-electron chi connectivity index (χ2n) is 5.74. The van der Waals surface area contributed by atoms with E-state index in [9.17, 15) is 4.39 Å². The van der Waals surface area contributed by atoms with E-state index >= 15 is 0 Å². The summed E-state index contributed by atoms with van der Waals surface area (Å²) in [6.07, 6.45) is 3.60. The third-order valence-corrected chi connectivity index (χ3v) is 4.01. The molecule has 3 aromatic rings. The number of aromatic nitrogens is 4. The zero-order chi connectivity index (χ0) is 16.5. The van der Waals surface area contributed by atoms with E-state index in [4.69, 9.17) is 10.5 Å². The Hall–Kier alpha value is -2.74. The van der Waals surface area contributed by atoms with Gasteiger partial charge in [-0.25, -0.2) is 4.98 Å². The Morgan fingerprint density at radius 3 is 3.00 bits per heavy atom. The predicted molar refractivity (Wildman–Crippen MR) is 88.3 cm³/mol. The van der Waals surface area contributed by atoms with Gasteiger partial charge in [0.2, 0.25) is 0 Å². The monoisotopic (exact) mass is 328 g/mol. The van der Waals surface area contributed by atoms with Crippen molar-refractivity contribution in [2.24, 2.45) is 0 Å². The number of benzene rings is 1. The maximum Gasteiger partial charge on any atom is 0.312 e. The van der Waals surface area contributed by atoms with E-state index in [0.717, 1.165) is 19.3 Å². The first-order chi connectivity index (χ1) is 11.7. The molecule has 0 saturated carbocycles. The van der Waals surface area contributed by atoms with Crippen LogP contribution in [0.4, 0.5) is 21.6 Å². The third-order valence-electron chi connectivity index (χ3n) is 4.01. The van der Waals surface area contributed by atoms with E-state index in [-0.39, 0.29) is 6.23 Å². The van der Waals surface area contributed by atoms with Crippen molar-refractivity contribution in [1.82, 2.24) is 19.5 Å². The highest BCUT2D eigenvalue weighted by molar-refractivity contribution is 5.85. The fraction of sp³-hybridized carbons (Fsp3) is 0.312. The van der Waals surface area contributed by atoms with Gasteiger partial charge in [0.15, 0.2) is 17.0 Å². The van der Waals surface area contributed by atoms with Gasteiger partial charge in [-0.3, -0.25) is 4.57 Å². The minimum atomic E-state index is -0.813. The highest BCUT2D eigenvalue weighted by Crippen LogP contribution is 2.29. The molecule has 0 aliphatic carbocycles. The Kier molecular flexibility index (Phi) is 3.73. The molecule has 1 saturated heterocycles. The molecule has 8 heteroatoms. The van der Waals surface area contributed by atoms with Crippen molar-refractivity contribution in [2.45, 2.75) is 25.5 Å². The zero-order valence-corrected chi connectivity index (χ0v) is 12.9. The maximum atomic E-state index is 13.9. The highest BCUT2D eigenvalue weighted by atomic mass is 19.1.